The number of nitrogens with zero attached hydrogens (tertiary/aromatic N) is 1. The lowest BCUT2D eigenvalue weighted by atomic mass is 10.1. The van der Waals surface area contributed by atoms with Gasteiger partial charge in [-0.15, -0.1) is 11.8 Å². The standard InChI is InChI=1S/C21H27N3O2S/c1-3-17-9-7-8-12-19(17)23-21(26)16-24(2)15-20(25)22-13-14-27-18-10-5-4-6-11-18/h4-12H,3,13-16H2,1-2H3,(H,22,25)(H,23,26). The number of hydrogen-bond acceptors (Lipinski definition) is 4. The molecule has 6 heteroatoms. The van der Waals surface area contributed by atoms with Crippen molar-refractivity contribution in [3.8, 4) is 0 Å². The molecule has 0 radical (unpaired) electrons. The summed E-state index contributed by atoms with van der Waals surface area (Å²) in [4.78, 5) is 27.1. The van der Waals surface area contributed by atoms with Crippen LogP contribution in [0.3, 0.4) is 0 Å². The largest absolute Gasteiger partial charge is 0.354 e. The van der Waals surface area contributed by atoms with Crippen LogP contribution >= 0.6 is 11.8 Å². The maximum Gasteiger partial charge on any atom is 0.238 e. The summed E-state index contributed by atoms with van der Waals surface area (Å²) in [5, 5.41) is 5.81. The Kier molecular flexibility index (Phi) is 8.87. The maximum absolute atomic E-state index is 12.2. The Labute approximate surface area is 165 Å². The van der Waals surface area contributed by atoms with Gasteiger partial charge in [-0.1, -0.05) is 43.3 Å². The van der Waals surface area contributed by atoms with E-state index in [4.69, 9.17) is 0 Å². The van der Waals surface area contributed by atoms with Crippen molar-refractivity contribution < 1.29 is 9.59 Å². The number of anilines is 1. The molecule has 27 heavy (non-hydrogen) atoms. The Morgan fingerprint density at radius 1 is 0.963 bits per heavy atom. The average Bonchev–Trinajstić information content (AvgIpc) is 2.66. The van der Waals surface area contributed by atoms with Crippen molar-refractivity contribution in [3.05, 3.63) is 60.2 Å². The average molecular weight is 386 g/mol. The van der Waals surface area contributed by atoms with Gasteiger partial charge in [0.15, 0.2) is 0 Å². The van der Waals surface area contributed by atoms with E-state index in [1.807, 2.05) is 42.5 Å². The van der Waals surface area contributed by atoms with Gasteiger partial charge in [0.25, 0.3) is 0 Å². The summed E-state index contributed by atoms with van der Waals surface area (Å²) in [5.41, 5.74) is 1.93. The van der Waals surface area contributed by atoms with Crippen molar-refractivity contribution in [2.45, 2.75) is 18.2 Å². The Hall–Kier alpha value is -2.31. The number of rotatable bonds is 10. The quantitative estimate of drug-likeness (QED) is 0.487. The minimum Gasteiger partial charge on any atom is -0.354 e. The highest BCUT2D eigenvalue weighted by molar-refractivity contribution is 7.99. The van der Waals surface area contributed by atoms with E-state index in [-0.39, 0.29) is 24.9 Å². The monoisotopic (exact) mass is 385 g/mol. The van der Waals surface area contributed by atoms with E-state index in [9.17, 15) is 9.59 Å². The van der Waals surface area contributed by atoms with Crippen LogP contribution in [0.2, 0.25) is 0 Å². The molecule has 0 saturated carbocycles. The highest BCUT2D eigenvalue weighted by Gasteiger charge is 2.11. The van der Waals surface area contributed by atoms with Crippen molar-refractivity contribution in [3.63, 3.8) is 0 Å². The lowest BCUT2D eigenvalue weighted by molar-refractivity contribution is -0.122. The number of thioether (sulfide) groups is 1. The molecule has 0 spiro atoms. The van der Waals surface area contributed by atoms with Crippen LogP contribution in [0.4, 0.5) is 5.69 Å². The number of nitrogens with one attached hydrogen (secondary N) is 2. The molecular formula is C21H27N3O2S. The fourth-order valence-electron chi connectivity index (χ4n) is 2.62. The van der Waals surface area contributed by atoms with Gasteiger partial charge in [-0.25, -0.2) is 0 Å². The minimum absolute atomic E-state index is 0.0760. The predicted octanol–water partition coefficient (Wildman–Crippen LogP) is 3.03. The zero-order valence-electron chi connectivity index (χ0n) is 15.9. The number of para-hydroxylation sites is 1. The van der Waals surface area contributed by atoms with Crippen LogP contribution in [0.15, 0.2) is 59.5 Å². The van der Waals surface area contributed by atoms with E-state index in [1.54, 1.807) is 23.7 Å². The number of likely N-dealkylation sites (N-methyl/N-ethyl adjacent to an activating group) is 1. The molecule has 5 nitrogen and oxygen atoms in total. The molecule has 2 aromatic rings. The van der Waals surface area contributed by atoms with Gasteiger partial charge < -0.3 is 10.6 Å². The Balaban J connectivity index is 1.66. The van der Waals surface area contributed by atoms with E-state index in [0.29, 0.717) is 6.54 Å². The van der Waals surface area contributed by atoms with Crippen LogP contribution in [-0.4, -0.2) is 49.1 Å². The molecule has 0 bridgehead atoms. The third-order valence-corrected chi connectivity index (χ3v) is 4.95. The Bertz CT molecular complexity index is 737. The van der Waals surface area contributed by atoms with E-state index < -0.39 is 0 Å². The van der Waals surface area contributed by atoms with Crippen LogP contribution in [0.5, 0.6) is 0 Å². The van der Waals surface area contributed by atoms with Gasteiger partial charge in [0.1, 0.15) is 0 Å². The number of carbonyl (C=O) groups is 2. The van der Waals surface area contributed by atoms with Crippen LogP contribution in [0, 0.1) is 0 Å². The molecule has 0 fully saturated rings. The lowest BCUT2D eigenvalue weighted by Crippen LogP contribution is -2.39. The number of amides is 2. The summed E-state index contributed by atoms with van der Waals surface area (Å²) in [5.74, 6) is 0.618. The second-order valence-corrected chi connectivity index (χ2v) is 7.41. The van der Waals surface area contributed by atoms with Crippen molar-refractivity contribution in [1.29, 1.82) is 0 Å². The zero-order valence-corrected chi connectivity index (χ0v) is 16.7. The van der Waals surface area contributed by atoms with Crippen molar-refractivity contribution in [1.82, 2.24) is 10.2 Å². The first kappa shape index (κ1) is 21.0. The first-order valence-electron chi connectivity index (χ1n) is 9.09. The van der Waals surface area contributed by atoms with Crippen LogP contribution < -0.4 is 10.6 Å². The smallest absolute Gasteiger partial charge is 0.238 e. The SMILES string of the molecule is CCc1ccccc1NC(=O)CN(C)CC(=O)NCCSc1ccccc1. The van der Waals surface area contributed by atoms with Crippen LogP contribution in [0.25, 0.3) is 0 Å². The Morgan fingerprint density at radius 3 is 2.37 bits per heavy atom. The van der Waals surface area contributed by atoms with Crippen LogP contribution in [0.1, 0.15) is 12.5 Å². The van der Waals surface area contributed by atoms with Crippen LogP contribution in [-0.2, 0) is 16.0 Å². The van der Waals surface area contributed by atoms with Gasteiger partial charge in [-0.2, -0.15) is 0 Å². The molecule has 0 atom stereocenters. The number of benzene rings is 2. The first-order valence-corrected chi connectivity index (χ1v) is 10.1. The van der Waals surface area contributed by atoms with Crippen molar-refractivity contribution in [2.75, 3.05) is 37.8 Å². The van der Waals surface area contributed by atoms with Gasteiger partial charge in [-0.3, -0.25) is 14.5 Å². The summed E-state index contributed by atoms with van der Waals surface area (Å²) in [7, 11) is 1.77. The summed E-state index contributed by atoms with van der Waals surface area (Å²) in [6.45, 7) is 3.02. The number of carbonyl (C=O) groups excluding carboxylic acids is 2. The summed E-state index contributed by atoms with van der Waals surface area (Å²) < 4.78 is 0. The zero-order chi connectivity index (χ0) is 19.5. The maximum atomic E-state index is 12.2. The van der Waals surface area contributed by atoms with Gasteiger partial charge >= 0.3 is 0 Å². The summed E-state index contributed by atoms with van der Waals surface area (Å²) in [6, 6.07) is 17.8. The second kappa shape index (κ2) is 11.4. The molecule has 0 aliphatic heterocycles. The molecule has 144 valence electrons. The fraction of sp³-hybridized carbons (Fsp3) is 0.333. The summed E-state index contributed by atoms with van der Waals surface area (Å²) >= 11 is 1.70. The number of hydrogen-bond donors (Lipinski definition) is 2. The topological polar surface area (TPSA) is 61.4 Å². The molecule has 2 rings (SSSR count). The summed E-state index contributed by atoms with van der Waals surface area (Å²) in [6.07, 6.45) is 0.857. The second-order valence-electron chi connectivity index (χ2n) is 6.24. The van der Waals surface area contributed by atoms with Gasteiger partial charge in [0.05, 0.1) is 13.1 Å². The molecule has 0 aliphatic carbocycles. The van der Waals surface area contributed by atoms with E-state index >= 15 is 0 Å². The fourth-order valence-corrected chi connectivity index (χ4v) is 3.41. The van der Waals surface area contributed by atoms with E-state index in [2.05, 4.69) is 29.7 Å². The molecule has 0 saturated heterocycles. The molecule has 0 aromatic heterocycles. The minimum atomic E-state index is -0.120. The van der Waals surface area contributed by atoms with E-state index in [1.165, 1.54) is 4.90 Å². The van der Waals surface area contributed by atoms with Gasteiger partial charge in [0, 0.05) is 22.9 Å². The van der Waals surface area contributed by atoms with Crippen molar-refractivity contribution >= 4 is 29.3 Å². The lowest BCUT2D eigenvalue weighted by Gasteiger charge is -2.17. The third kappa shape index (κ3) is 7.85. The third-order valence-electron chi connectivity index (χ3n) is 3.94. The van der Waals surface area contributed by atoms with Gasteiger partial charge in [-0.05, 0) is 37.2 Å². The normalized spacial score (nSPS) is 10.6. The molecular weight excluding hydrogens is 358 g/mol. The molecule has 0 unspecified atom stereocenters. The molecule has 2 aromatic carbocycles. The highest BCUT2D eigenvalue weighted by atomic mass is 32.2. The number of aryl methyl sites for hydroxylation is 1. The predicted molar refractivity (Wildman–Crippen MR) is 112 cm³/mol. The van der Waals surface area contributed by atoms with Gasteiger partial charge in [0.2, 0.25) is 11.8 Å². The Morgan fingerprint density at radius 2 is 1.63 bits per heavy atom. The van der Waals surface area contributed by atoms with E-state index in [0.717, 1.165) is 23.4 Å². The molecule has 0 aliphatic rings. The molecule has 0 heterocycles. The molecule has 2 amide bonds. The first-order chi connectivity index (χ1) is 13.1. The molecule has 2 N–H and O–H groups in total. The highest BCUT2D eigenvalue weighted by Crippen LogP contribution is 2.16. The van der Waals surface area contributed by atoms with Crippen molar-refractivity contribution in [2.24, 2.45) is 0 Å².